The van der Waals surface area contributed by atoms with Gasteiger partial charge in [-0.3, -0.25) is 4.79 Å². The van der Waals surface area contributed by atoms with Crippen molar-refractivity contribution in [2.75, 3.05) is 25.1 Å². The minimum absolute atomic E-state index is 0.172. The molecule has 0 aromatic rings. The molecule has 3 N–H and O–H groups in total. The molecule has 0 spiro atoms. The molecule has 0 aliphatic rings. The lowest BCUT2D eigenvalue weighted by atomic mass is 10.2. The van der Waals surface area contributed by atoms with Crippen molar-refractivity contribution in [2.24, 2.45) is 5.73 Å². The van der Waals surface area contributed by atoms with Crippen LogP contribution in [0.15, 0.2) is 0 Å². The van der Waals surface area contributed by atoms with Gasteiger partial charge in [-0.05, 0) is 25.6 Å². The quantitative estimate of drug-likeness (QED) is 0.580. The molecule has 3 nitrogen and oxygen atoms in total. The van der Waals surface area contributed by atoms with Crippen molar-refractivity contribution in [1.82, 2.24) is 5.32 Å². The second-order valence-corrected chi connectivity index (χ2v) is 3.93. The Morgan fingerprint density at radius 2 is 2.15 bits per heavy atom. The van der Waals surface area contributed by atoms with Crippen LogP contribution in [-0.4, -0.2) is 31.0 Å². The van der Waals surface area contributed by atoms with E-state index in [2.05, 4.69) is 5.32 Å². The molecular formula is C9H20N2OS. The number of rotatable bonds is 8. The van der Waals surface area contributed by atoms with Crippen LogP contribution in [0.3, 0.4) is 0 Å². The van der Waals surface area contributed by atoms with Gasteiger partial charge in [-0.15, -0.1) is 0 Å². The highest BCUT2D eigenvalue weighted by Crippen LogP contribution is 1.98. The van der Waals surface area contributed by atoms with Gasteiger partial charge in [-0.1, -0.05) is 6.42 Å². The first kappa shape index (κ1) is 12.8. The minimum Gasteiger partial charge on any atom is -0.355 e. The fourth-order valence-corrected chi connectivity index (χ4v) is 1.29. The molecule has 0 aliphatic heterocycles. The van der Waals surface area contributed by atoms with E-state index in [-0.39, 0.29) is 5.91 Å². The fraction of sp³-hybridized carbons (Fsp3) is 0.889. The van der Waals surface area contributed by atoms with Crippen LogP contribution in [-0.2, 0) is 4.79 Å². The number of amides is 1. The predicted molar refractivity (Wildman–Crippen MR) is 58.9 cm³/mol. The molecule has 0 bridgehead atoms. The van der Waals surface area contributed by atoms with E-state index in [0.29, 0.717) is 6.42 Å². The van der Waals surface area contributed by atoms with E-state index < -0.39 is 0 Å². The molecule has 0 aliphatic carbocycles. The van der Waals surface area contributed by atoms with Gasteiger partial charge in [0.15, 0.2) is 0 Å². The second-order valence-electron chi connectivity index (χ2n) is 2.94. The first-order chi connectivity index (χ1) is 6.31. The second kappa shape index (κ2) is 9.86. The van der Waals surface area contributed by atoms with Gasteiger partial charge in [-0.25, -0.2) is 0 Å². The molecule has 0 rings (SSSR count). The highest BCUT2D eigenvalue weighted by Gasteiger charge is 1.98. The predicted octanol–water partition coefficient (Wildman–Crippen LogP) is 0.985. The lowest BCUT2D eigenvalue weighted by Gasteiger charge is -2.03. The Hall–Kier alpha value is -0.220. The number of thioether (sulfide) groups is 1. The number of hydrogen-bond donors (Lipinski definition) is 2. The molecule has 1 amide bonds. The van der Waals surface area contributed by atoms with Crippen molar-refractivity contribution in [2.45, 2.75) is 25.7 Å². The van der Waals surface area contributed by atoms with Crippen LogP contribution in [0.5, 0.6) is 0 Å². The molecule has 0 saturated heterocycles. The van der Waals surface area contributed by atoms with Gasteiger partial charge < -0.3 is 11.1 Å². The van der Waals surface area contributed by atoms with Crippen LogP contribution < -0.4 is 11.1 Å². The first-order valence-corrected chi connectivity index (χ1v) is 6.16. The van der Waals surface area contributed by atoms with Gasteiger partial charge in [0.25, 0.3) is 0 Å². The topological polar surface area (TPSA) is 55.1 Å². The molecule has 4 heteroatoms. The zero-order valence-electron chi connectivity index (χ0n) is 8.34. The molecule has 78 valence electrons. The van der Waals surface area contributed by atoms with Crippen molar-refractivity contribution < 1.29 is 4.79 Å². The number of nitrogens with two attached hydrogens (primary N) is 1. The Kier molecular flexibility index (Phi) is 9.70. The molecule has 0 fully saturated rings. The van der Waals surface area contributed by atoms with E-state index in [4.69, 9.17) is 5.73 Å². The van der Waals surface area contributed by atoms with Gasteiger partial charge in [0.05, 0.1) is 0 Å². The molecule has 0 saturated carbocycles. The Balaban J connectivity index is 3.11. The summed E-state index contributed by atoms with van der Waals surface area (Å²) in [5, 5.41) is 2.87. The maximum absolute atomic E-state index is 11.1. The van der Waals surface area contributed by atoms with Crippen LogP contribution in [0, 0.1) is 0 Å². The van der Waals surface area contributed by atoms with Gasteiger partial charge in [0.1, 0.15) is 0 Å². The molecule has 0 aromatic heterocycles. The van der Waals surface area contributed by atoms with E-state index in [1.165, 1.54) is 0 Å². The summed E-state index contributed by atoms with van der Waals surface area (Å²) in [4.78, 5) is 11.1. The van der Waals surface area contributed by atoms with E-state index in [1.54, 1.807) is 11.8 Å². The van der Waals surface area contributed by atoms with E-state index in [0.717, 1.165) is 38.1 Å². The zero-order chi connectivity index (χ0) is 9.94. The SMILES string of the molecule is CSCCNC(=O)CCCCCN. The van der Waals surface area contributed by atoms with E-state index in [9.17, 15) is 4.79 Å². The standard InChI is InChI=1S/C9H20N2OS/c1-13-8-7-11-9(12)5-3-2-4-6-10/h2-8,10H2,1H3,(H,11,12). The maximum atomic E-state index is 11.1. The smallest absolute Gasteiger partial charge is 0.220 e. The number of carbonyl (C=O) groups excluding carboxylic acids is 1. The molecule has 0 unspecified atom stereocenters. The third-order valence-electron chi connectivity index (χ3n) is 1.74. The lowest BCUT2D eigenvalue weighted by molar-refractivity contribution is -0.121. The molecule has 0 radical (unpaired) electrons. The first-order valence-electron chi connectivity index (χ1n) is 4.77. The highest BCUT2D eigenvalue weighted by atomic mass is 32.2. The van der Waals surface area contributed by atoms with Crippen LogP contribution in [0.1, 0.15) is 25.7 Å². The van der Waals surface area contributed by atoms with Gasteiger partial charge >= 0.3 is 0 Å². The van der Waals surface area contributed by atoms with Crippen molar-refractivity contribution in [3.05, 3.63) is 0 Å². The van der Waals surface area contributed by atoms with Crippen LogP contribution in [0.4, 0.5) is 0 Å². The fourth-order valence-electron chi connectivity index (χ4n) is 0.988. The number of nitrogens with one attached hydrogen (secondary N) is 1. The Bertz CT molecular complexity index is 131. The molecule has 13 heavy (non-hydrogen) atoms. The number of carbonyl (C=O) groups is 1. The highest BCUT2D eigenvalue weighted by molar-refractivity contribution is 7.98. The van der Waals surface area contributed by atoms with E-state index in [1.807, 2.05) is 6.26 Å². The average Bonchev–Trinajstić information content (AvgIpc) is 2.13. The van der Waals surface area contributed by atoms with Crippen molar-refractivity contribution in [3.8, 4) is 0 Å². The zero-order valence-corrected chi connectivity index (χ0v) is 9.16. The average molecular weight is 204 g/mol. The summed E-state index contributed by atoms with van der Waals surface area (Å²) in [5.41, 5.74) is 5.34. The van der Waals surface area contributed by atoms with Gasteiger partial charge in [0, 0.05) is 18.7 Å². The van der Waals surface area contributed by atoms with Gasteiger partial charge in [-0.2, -0.15) is 11.8 Å². The summed E-state index contributed by atoms with van der Waals surface area (Å²) in [6.07, 6.45) is 5.73. The van der Waals surface area contributed by atoms with Crippen molar-refractivity contribution in [3.63, 3.8) is 0 Å². The summed E-state index contributed by atoms with van der Waals surface area (Å²) in [6, 6.07) is 0. The maximum Gasteiger partial charge on any atom is 0.220 e. The largest absolute Gasteiger partial charge is 0.355 e. The molecule has 0 aromatic carbocycles. The van der Waals surface area contributed by atoms with Crippen LogP contribution in [0.25, 0.3) is 0 Å². The number of hydrogen-bond acceptors (Lipinski definition) is 3. The Morgan fingerprint density at radius 1 is 1.38 bits per heavy atom. The Morgan fingerprint density at radius 3 is 2.77 bits per heavy atom. The molecular weight excluding hydrogens is 184 g/mol. The van der Waals surface area contributed by atoms with Crippen molar-refractivity contribution >= 4 is 17.7 Å². The lowest BCUT2D eigenvalue weighted by Crippen LogP contribution is -2.25. The van der Waals surface area contributed by atoms with Gasteiger partial charge in [0.2, 0.25) is 5.91 Å². The third kappa shape index (κ3) is 9.70. The summed E-state index contributed by atoms with van der Waals surface area (Å²) >= 11 is 1.74. The monoisotopic (exact) mass is 204 g/mol. The molecule has 0 heterocycles. The summed E-state index contributed by atoms with van der Waals surface area (Å²) in [7, 11) is 0. The Labute approximate surface area is 84.8 Å². The summed E-state index contributed by atoms with van der Waals surface area (Å²) in [6.45, 7) is 1.52. The normalized spacial score (nSPS) is 10.0. The van der Waals surface area contributed by atoms with Crippen LogP contribution >= 0.6 is 11.8 Å². The molecule has 0 atom stereocenters. The van der Waals surface area contributed by atoms with Crippen molar-refractivity contribution in [1.29, 1.82) is 0 Å². The summed E-state index contributed by atoms with van der Waals surface area (Å²) < 4.78 is 0. The van der Waals surface area contributed by atoms with Crippen LogP contribution in [0.2, 0.25) is 0 Å². The van der Waals surface area contributed by atoms with E-state index >= 15 is 0 Å². The number of unbranched alkanes of at least 4 members (excludes halogenated alkanes) is 2. The minimum atomic E-state index is 0.172. The third-order valence-corrected chi connectivity index (χ3v) is 2.35. The summed E-state index contributed by atoms with van der Waals surface area (Å²) in [5.74, 6) is 1.17.